The van der Waals surface area contributed by atoms with Crippen LogP contribution in [0.5, 0.6) is 0 Å². The van der Waals surface area contributed by atoms with Crippen LogP contribution in [0.4, 0.5) is 0 Å². The third-order valence-corrected chi connectivity index (χ3v) is 11.3. The molecule has 0 aliphatic carbocycles. The van der Waals surface area contributed by atoms with E-state index >= 15 is 0 Å². The van der Waals surface area contributed by atoms with Crippen LogP contribution >= 0.6 is 0 Å². The molecule has 0 atom stereocenters. The Hall–Kier alpha value is -0.346. The first-order chi connectivity index (χ1) is 7.18. The Bertz CT molecular complexity index is 359. The van der Waals surface area contributed by atoms with Crippen LogP contribution in [0.1, 0.15) is 20.8 Å². The second-order valence-corrected chi connectivity index (χ2v) is 14.2. The van der Waals surface area contributed by atoms with Crippen LogP contribution in [0.3, 0.4) is 0 Å². The van der Waals surface area contributed by atoms with Crippen molar-refractivity contribution in [3.63, 3.8) is 0 Å². The largest absolute Gasteiger partial charge is 0.0857 e. The molecule has 1 aromatic carbocycles. The van der Waals surface area contributed by atoms with Gasteiger partial charge in [-0.1, -0.05) is 81.6 Å². The molecule has 0 amide bonds. The maximum atomic E-state index is 2.51. The third-order valence-electron chi connectivity index (χ3n) is 4.01. The van der Waals surface area contributed by atoms with Crippen molar-refractivity contribution in [2.45, 2.75) is 52.0 Å². The smallest absolute Gasteiger partial charge is 0.0671 e. The van der Waals surface area contributed by atoms with Gasteiger partial charge in [0.1, 0.15) is 0 Å². The van der Waals surface area contributed by atoms with Gasteiger partial charge < -0.3 is 0 Å². The van der Waals surface area contributed by atoms with Crippen molar-refractivity contribution in [2.75, 3.05) is 0 Å². The number of hydrogen-bond donors (Lipinski definition) is 0. The summed E-state index contributed by atoms with van der Waals surface area (Å²) >= 11 is 0. The number of benzene rings is 1. The summed E-state index contributed by atoms with van der Waals surface area (Å²) in [5, 5.41) is 3.76. The van der Waals surface area contributed by atoms with Gasteiger partial charge in [0.2, 0.25) is 0 Å². The maximum Gasteiger partial charge on any atom is 0.0857 e. The van der Waals surface area contributed by atoms with E-state index in [4.69, 9.17) is 0 Å². The third kappa shape index (κ3) is 2.49. The van der Waals surface area contributed by atoms with Crippen LogP contribution in [0, 0.1) is 0 Å². The van der Waals surface area contributed by atoms with Gasteiger partial charge >= 0.3 is 0 Å². The first kappa shape index (κ1) is 13.7. The Balaban J connectivity index is 3.33. The van der Waals surface area contributed by atoms with Gasteiger partial charge in [0.25, 0.3) is 0 Å². The molecule has 0 saturated carbocycles. The predicted molar refractivity (Wildman–Crippen MR) is 80.4 cm³/mol. The highest BCUT2D eigenvalue weighted by molar-refractivity contribution is 6.96. The van der Waals surface area contributed by atoms with E-state index in [1.807, 2.05) is 0 Å². The minimum absolute atomic E-state index is 0.349. The van der Waals surface area contributed by atoms with E-state index in [0.29, 0.717) is 5.04 Å². The molecule has 1 aromatic rings. The van der Waals surface area contributed by atoms with E-state index in [1.54, 1.807) is 10.4 Å². The van der Waals surface area contributed by atoms with Crippen LogP contribution in [-0.4, -0.2) is 16.9 Å². The molecule has 0 unspecified atom stereocenters. The summed E-state index contributed by atoms with van der Waals surface area (Å²) in [6, 6.07) is 9.14. The standard InChI is InChI=1S/C14H25Si2/c1-14(2,3)16(6,7)13-11-9-8-10-12(13)15(4)5/h8-11H,1-7H3. The molecule has 0 spiro atoms. The predicted octanol–water partition coefficient (Wildman–Crippen LogP) is 3.36. The number of rotatable bonds is 2. The SMILES string of the molecule is C[Si](C)c1ccccc1[Si](C)(C)C(C)(C)C. The lowest BCUT2D eigenvalue weighted by atomic mass is 10.2. The Kier molecular flexibility index (Phi) is 3.85. The van der Waals surface area contributed by atoms with Gasteiger partial charge in [-0.25, -0.2) is 0 Å². The zero-order chi connectivity index (χ0) is 12.6. The summed E-state index contributed by atoms with van der Waals surface area (Å²) in [4.78, 5) is 0. The lowest BCUT2D eigenvalue weighted by molar-refractivity contribution is 0.730. The average Bonchev–Trinajstić information content (AvgIpc) is 2.16. The average molecular weight is 250 g/mol. The highest BCUT2D eigenvalue weighted by atomic mass is 28.3. The molecule has 0 heterocycles. The molecule has 0 saturated heterocycles. The van der Waals surface area contributed by atoms with Crippen molar-refractivity contribution in [2.24, 2.45) is 0 Å². The van der Waals surface area contributed by atoms with Gasteiger partial charge in [-0.15, -0.1) is 0 Å². The molecule has 0 aromatic heterocycles. The van der Waals surface area contributed by atoms with E-state index in [9.17, 15) is 0 Å². The van der Waals surface area contributed by atoms with Crippen LogP contribution < -0.4 is 10.4 Å². The van der Waals surface area contributed by atoms with E-state index in [2.05, 4.69) is 71.2 Å². The molecule has 1 radical (unpaired) electrons. The first-order valence-electron chi connectivity index (χ1n) is 6.08. The summed E-state index contributed by atoms with van der Waals surface area (Å²) in [7, 11) is -1.71. The zero-order valence-corrected chi connectivity index (χ0v) is 13.8. The molecule has 0 bridgehead atoms. The second kappa shape index (κ2) is 4.49. The van der Waals surface area contributed by atoms with Gasteiger partial charge in [-0.05, 0) is 5.04 Å². The first-order valence-corrected chi connectivity index (χ1v) is 11.6. The molecule has 2 heteroatoms. The summed E-state index contributed by atoms with van der Waals surface area (Å²) in [5.41, 5.74) is 0. The Morgan fingerprint density at radius 2 is 1.50 bits per heavy atom. The van der Waals surface area contributed by atoms with E-state index in [0.717, 1.165) is 0 Å². The van der Waals surface area contributed by atoms with E-state index in [1.165, 1.54) is 0 Å². The summed E-state index contributed by atoms with van der Waals surface area (Å²) in [6.45, 7) is 17.0. The van der Waals surface area contributed by atoms with Gasteiger partial charge in [0, 0.05) is 0 Å². The molecular formula is C14H25Si2. The van der Waals surface area contributed by atoms with Crippen molar-refractivity contribution in [3.05, 3.63) is 24.3 Å². The normalized spacial score (nSPS) is 13.2. The van der Waals surface area contributed by atoms with Crippen LogP contribution in [-0.2, 0) is 0 Å². The zero-order valence-electron chi connectivity index (χ0n) is 11.8. The fourth-order valence-electron chi connectivity index (χ4n) is 1.87. The fraction of sp³-hybridized carbons (Fsp3) is 0.571. The lowest BCUT2D eigenvalue weighted by Gasteiger charge is -2.39. The highest BCUT2D eigenvalue weighted by Gasteiger charge is 2.38. The number of hydrogen-bond acceptors (Lipinski definition) is 0. The maximum absolute atomic E-state index is 2.51. The monoisotopic (exact) mass is 249 g/mol. The topological polar surface area (TPSA) is 0 Å². The van der Waals surface area contributed by atoms with Gasteiger partial charge in [-0.3, -0.25) is 0 Å². The van der Waals surface area contributed by atoms with E-state index in [-0.39, 0.29) is 8.80 Å². The Morgan fingerprint density at radius 3 is 1.94 bits per heavy atom. The molecule has 16 heavy (non-hydrogen) atoms. The van der Waals surface area contributed by atoms with Gasteiger partial charge in [0.15, 0.2) is 0 Å². The molecule has 0 aliphatic rings. The minimum Gasteiger partial charge on any atom is -0.0671 e. The van der Waals surface area contributed by atoms with Crippen molar-refractivity contribution in [3.8, 4) is 0 Å². The van der Waals surface area contributed by atoms with Crippen LogP contribution in [0.25, 0.3) is 0 Å². The summed E-state index contributed by atoms with van der Waals surface area (Å²) in [6.07, 6.45) is 0. The lowest BCUT2D eigenvalue weighted by Crippen LogP contribution is -2.57. The molecular weight excluding hydrogens is 224 g/mol. The van der Waals surface area contributed by atoms with E-state index < -0.39 is 8.07 Å². The molecule has 0 nitrogen and oxygen atoms in total. The molecule has 0 fully saturated rings. The second-order valence-electron chi connectivity index (χ2n) is 6.42. The van der Waals surface area contributed by atoms with Crippen molar-refractivity contribution in [1.82, 2.24) is 0 Å². The van der Waals surface area contributed by atoms with Crippen LogP contribution in [0.2, 0.25) is 31.2 Å². The van der Waals surface area contributed by atoms with Gasteiger partial charge in [0.05, 0.1) is 16.9 Å². The van der Waals surface area contributed by atoms with Crippen molar-refractivity contribution >= 4 is 27.2 Å². The van der Waals surface area contributed by atoms with Crippen molar-refractivity contribution < 1.29 is 0 Å². The molecule has 89 valence electrons. The van der Waals surface area contributed by atoms with Crippen LogP contribution in [0.15, 0.2) is 24.3 Å². The highest BCUT2D eigenvalue weighted by Crippen LogP contribution is 2.35. The summed E-state index contributed by atoms with van der Waals surface area (Å²) in [5.74, 6) is 0. The minimum atomic E-state index is -1.36. The quantitative estimate of drug-likeness (QED) is 0.705. The van der Waals surface area contributed by atoms with Crippen molar-refractivity contribution in [1.29, 1.82) is 0 Å². The molecule has 0 N–H and O–H groups in total. The fourth-order valence-corrected chi connectivity index (χ4v) is 6.68. The Labute approximate surface area is 104 Å². The van der Waals surface area contributed by atoms with Gasteiger partial charge in [-0.2, -0.15) is 0 Å². The molecule has 0 aliphatic heterocycles. The molecule has 1 rings (SSSR count). The summed E-state index contributed by atoms with van der Waals surface area (Å²) < 4.78 is 0. The Morgan fingerprint density at radius 1 is 1.00 bits per heavy atom.